The number of nitrogens with one attached hydrogen (secondary N) is 1. The van der Waals surface area contributed by atoms with Crippen molar-refractivity contribution in [1.29, 1.82) is 0 Å². The zero-order valence-electron chi connectivity index (χ0n) is 11.9. The third-order valence-corrected chi connectivity index (χ3v) is 5.68. The van der Waals surface area contributed by atoms with Crippen LogP contribution in [-0.4, -0.2) is 45.3 Å². The Labute approximate surface area is 120 Å². The van der Waals surface area contributed by atoms with Gasteiger partial charge >= 0.3 is 0 Å². The van der Waals surface area contributed by atoms with Gasteiger partial charge in [0.1, 0.15) is 10.7 Å². The van der Waals surface area contributed by atoms with Gasteiger partial charge in [0, 0.05) is 38.1 Å². The number of aromatic nitrogens is 1. The van der Waals surface area contributed by atoms with E-state index < -0.39 is 9.84 Å². The molecule has 2 aliphatic heterocycles. The van der Waals surface area contributed by atoms with Crippen molar-refractivity contribution in [2.45, 2.75) is 24.3 Å². The molecule has 0 aromatic carbocycles. The predicted octanol–water partition coefficient (Wildman–Crippen LogP) is 0.919. The maximum absolute atomic E-state index is 12.0. The quantitative estimate of drug-likeness (QED) is 0.898. The summed E-state index contributed by atoms with van der Waals surface area (Å²) in [6.45, 7) is 5.12. The molecular weight excluding hydrogens is 274 g/mol. The van der Waals surface area contributed by atoms with Crippen LogP contribution in [0.1, 0.15) is 13.3 Å². The van der Waals surface area contributed by atoms with E-state index in [9.17, 15) is 8.42 Å². The summed E-state index contributed by atoms with van der Waals surface area (Å²) in [4.78, 5) is 6.95. The molecule has 2 saturated heterocycles. The fourth-order valence-electron chi connectivity index (χ4n) is 3.68. The van der Waals surface area contributed by atoms with E-state index in [1.54, 1.807) is 18.3 Å². The van der Waals surface area contributed by atoms with Crippen LogP contribution in [0.25, 0.3) is 0 Å². The van der Waals surface area contributed by atoms with Crippen molar-refractivity contribution < 1.29 is 8.42 Å². The van der Waals surface area contributed by atoms with Crippen molar-refractivity contribution >= 4 is 15.7 Å². The molecule has 0 amide bonds. The highest BCUT2D eigenvalue weighted by Gasteiger charge is 2.44. The molecule has 5 nitrogen and oxygen atoms in total. The normalized spacial score (nSPS) is 29.7. The van der Waals surface area contributed by atoms with E-state index in [2.05, 4.69) is 22.1 Å². The first-order chi connectivity index (χ1) is 9.52. The van der Waals surface area contributed by atoms with Gasteiger partial charge in [0.15, 0.2) is 9.84 Å². The van der Waals surface area contributed by atoms with Gasteiger partial charge in [-0.1, -0.05) is 6.92 Å². The zero-order valence-corrected chi connectivity index (χ0v) is 12.7. The molecule has 0 bridgehead atoms. The van der Waals surface area contributed by atoms with E-state index in [1.165, 1.54) is 6.26 Å². The second-order valence-electron chi connectivity index (χ2n) is 5.81. The van der Waals surface area contributed by atoms with Gasteiger partial charge in [-0.15, -0.1) is 0 Å². The zero-order chi connectivity index (χ0) is 14.3. The Hall–Kier alpha value is -1.14. The van der Waals surface area contributed by atoms with Crippen molar-refractivity contribution in [3.63, 3.8) is 0 Å². The summed E-state index contributed by atoms with van der Waals surface area (Å²) in [5, 5.41) is 3.44. The van der Waals surface area contributed by atoms with Crippen LogP contribution >= 0.6 is 0 Å². The molecule has 3 rings (SSSR count). The molecule has 0 radical (unpaired) electrons. The van der Waals surface area contributed by atoms with Gasteiger partial charge in [0.25, 0.3) is 0 Å². The highest BCUT2D eigenvalue weighted by atomic mass is 32.2. The lowest BCUT2D eigenvalue weighted by molar-refractivity contribution is 0.441. The topological polar surface area (TPSA) is 62.3 Å². The minimum atomic E-state index is -3.25. The molecule has 0 saturated carbocycles. The number of anilines is 1. The van der Waals surface area contributed by atoms with Crippen molar-refractivity contribution in [1.82, 2.24) is 10.3 Å². The van der Waals surface area contributed by atoms with Crippen molar-refractivity contribution in [3.8, 4) is 0 Å². The Morgan fingerprint density at radius 2 is 2.25 bits per heavy atom. The summed E-state index contributed by atoms with van der Waals surface area (Å²) in [5.74, 6) is 1.85. The molecule has 1 aromatic heterocycles. The van der Waals surface area contributed by atoms with Crippen LogP contribution in [-0.2, 0) is 9.84 Å². The summed E-state index contributed by atoms with van der Waals surface area (Å²) < 4.78 is 23.9. The number of nitrogens with zero attached hydrogens (tertiary/aromatic N) is 2. The summed E-state index contributed by atoms with van der Waals surface area (Å²) in [6, 6.07) is 3.74. The Morgan fingerprint density at radius 3 is 2.95 bits per heavy atom. The number of fused-ring (bicyclic) bond motifs is 1. The Balaban J connectivity index is 2.01. The number of sulfone groups is 1. The Bertz CT molecular complexity index is 602. The van der Waals surface area contributed by atoms with Crippen LogP contribution in [0, 0.1) is 11.8 Å². The van der Waals surface area contributed by atoms with Crippen LogP contribution in [0.3, 0.4) is 0 Å². The smallest absolute Gasteiger partial charge is 0.179 e. The van der Waals surface area contributed by atoms with Crippen LogP contribution in [0.2, 0.25) is 0 Å². The maximum Gasteiger partial charge on any atom is 0.179 e. The van der Waals surface area contributed by atoms with E-state index in [0.717, 1.165) is 26.1 Å². The lowest BCUT2D eigenvalue weighted by atomic mass is 9.93. The van der Waals surface area contributed by atoms with Gasteiger partial charge < -0.3 is 10.2 Å². The van der Waals surface area contributed by atoms with Crippen LogP contribution in [0.15, 0.2) is 23.2 Å². The first-order valence-corrected chi connectivity index (χ1v) is 9.04. The third-order valence-electron chi connectivity index (χ3n) is 4.56. The third kappa shape index (κ3) is 2.20. The monoisotopic (exact) mass is 295 g/mol. The van der Waals surface area contributed by atoms with Crippen LogP contribution < -0.4 is 10.2 Å². The number of pyridine rings is 1. The predicted molar refractivity (Wildman–Crippen MR) is 78.6 cm³/mol. The van der Waals surface area contributed by atoms with Crippen molar-refractivity contribution in [2.24, 2.45) is 11.8 Å². The average Bonchev–Trinajstić information content (AvgIpc) is 2.97. The van der Waals surface area contributed by atoms with E-state index in [0.29, 0.717) is 28.6 Å². The molecule has 110 valence electrons. The summed E-state index contributed by atoms with van der Waals surface area (Å²) in [5.41, 5.74) is 0. The molecule has 3 heterocycles. The van der Waals surface area contributed by atoms with Crippen molar-refractivity contribution in [2.75, 3.05) is 30.8 Å². The average molecular weight is 295 g/mol. The molecule has 1 aromatic rings. The summed E-state index contributed by atoms with van der Waals surface area (Å²) >= 11 is 0. The highest BCUT2D eigenvalue weighted by molar-refractivity contribution is 7.90. The minimum Gasteiger partial charge on any atom is -0.352 e. The largest absolute Gasteiger partial charge is 0.352 e. The molecule has 0 spiro atoms. The number of rotatable bonds is 3. The van der Waals surface area contributed by atoms with Gasteiger partial charge in [-0.05, 0) is 30.4 Å². The van der Waals surface area contributed by atoms with Crippen LogP contribution in [0.4, 0.5) is 5.82 Å². The second-order valence-corrected chi connectivity index (χ2v) is 7.79. The molecule has 1 N–H and O–H groups in total. The van der Waals surface area contributed by atoms with E-state index in [1.807, 2.05) is 0 Å². The fraction of sp³-hybridized carbons (Fsp3) is 0.643. The fourth-order valence-corrected chi connectivity index (χ4v) is 4.50. The molecule has 20 heavy (non-hydrogen) atoms. The Morgan fingerprint density at radius 1 is 1.45 bits per heavy atom. The number of hydrogen-bond donors (Lipinski definition) is 1. The summed E-state index contributed by atoms with van der Waals surface area (Å²) in [7, 11) is -3.25. The first kappa shape index (κ1) is 13.8. The Kier molecular flexibility index (Phi) is 3.46. The van der Waals surface area contributed by atoms with Crippen LogP contribution in [0.5, 0.6) is 0 Å². The molecule has 2 fully saturated rings. The van der Waals surface area contributed by atoms with Crippen molar-refractivity contribution in [3.05, 3.63) is 18.3 Å². The van der Waals surface area contributed by atoms with Gasteiger partial charge in [0.2, 0.25) is 0 Å². The van der Waals surface area contributed by atoms with E-state index >= 15 is 0 Å². The highest BCUT2D eigenvalue weighted by Crippen LogP contribution is 2.38. The van der Waals surface area contributed by atoms with E-state index in [4.69, 9.17) is 0 Å². The molecule has 0 aliphatic carbocycles. The van der Waals surface area contributed by atoms with Gasteiger partial charge in [0.05, 0.1) is 0 Å². The molecule has 2 aliphatic rings. The van der Waals surface area contributed by atoms with E-state index in [-0.39, 0.29) is 0 Å². The molecule has 3 unspecified atom stereocenters. The standard InChI is InChI=1S/C14H21N3O2S/c1-3-12-11-8-15-7-10(11)9-17(12)14-13(20(2,18)19)5-4-6-16-14/h4-6,10-12,15H,3,7-9H2,1-2H3. The number of hydrogen-bond acceptors (Lipinski definition) is 5. The van der Waals surface area contributed by atoms with Gasteiger partial charge in [-0.3, -0.25) is 0 Å². The second kappa shape index (κ2) is 5.00. The van der Waals surface area contributed by atoms with Gasteiger partial charge in [-0.2, -0.15) is 0 Å². The first-order valence-electron chi connectivity index (χ1n) is 7.14. The lowest BCUT2D eigenvalue weighted by Crippen LogP contribution is -2.36. The summed E-state index contributed by atoms with van der Waals surface area (Å²) in [6.07, 6.45) is 3.96. The molecule has 3 atom stereocenters. The molecular formula is C14H21N3O2S. The SMILES string of the molecule is CCC1C2CNCC2CN1c1ncccc1S(C)(=O)=O. The molecule has 6 heteroatoms. The lowest BCUT2D eigenvalue weighted by Gasteiger charge is -2.29. The minimum absolute atomic E-state index is 0.353. The van der Waals surface area contributed by atoms with Gasteiger partial charge in [-0.25, -0.2) is 13.4 Å². The maximum atomic E-state index is 12.0.